The molecule has 0 bridgehead atoms. The van der Waals surface area contributed by atoms with Crippen LogP contribution < -0.4 is 17.2 Å². The van der Waals surface area contributed by atoms with E-state index in [0.717, 1.165) is 50.3 Å². The van der Waals surface area contributed by atoms with Crippen molar-refractivity contribution >= 4 is 53.1 Å². The van der Waals surface area contributed by atoms with Crippen LogP contribution in [0.5, 0.6) is 0 Å². The van der Waals surface area contributed by atoms with Gasteiger partial charge in [0.05, 0.1) is 22.5 Å². The van der Waals surface area contributed by atoms with E-state index in [9.17, 15) is 83.9 Å². The predicted molar refractivity (Wildman–Crippen MR) is 330 cm³/mol. The minimum absolute atomic E-state index is 0.00405. The maximum Gasteiger partial charge on any atom is 0.237 e. The lowest BCUT2D eigenvalue weighted by atomic mass is 9.86. The van der Waals surface area contributed by atoms with Gasteiger partial charge < -0.3 is 36.8 Å². The smallest absolute Gasteiger partial charge is 0.237 e. The minimum Gasteiger partial charge on any atom is -0.343 e. The molecule has 3 aliphatic heterocycles. The van der Waals surface area contributed by atoms with Gasteiger partial charge in [-0.1, -0.05) is 19.3 Å². The summed E-state index contributed by atoms with van der Waals surface area (Å²) in [6.07, 6.45) is 9.36. The van der Waals surface area contributed by atoms with E-state index in [2.05, 4.69) is 0 Å². The molecule has 0 radical (unpaired) electrons. The number of piperidine rings is 3. The first-order valence-corrected chi connectivity index (χ1v) is 37.0. The van der Waals surface area contributed by atoms with Gasteiger partial charge in [0.25, 0.3) is 0 Å². The van der Waals surface area contributed by atoms with Gasteiger partial charge in [0.2, 0.25) is 23.6 Å². The Bertz CT molecular complexity index is 3360. The van der Waals surface area contributed by atoms with Gasteiger partial charge in [-0.05, 0) is 156 Å². The topological polar surface area (TPSA) is 262 Å². The average molecular weight is 1370 g/mol. The van der Waals surface area contributed by atoms with Crippen molar-refractivity contribution in [2.75, 3.05) is 81.1 Å². The summed E-state index contributed by atoms with van der Waals surface area (Å²) in [5, 5.41) is -0.410. The number of hydrogen-bond donors (Lipinski definition) is 3. The Balaban J connectivity index is 0.000000220. The van der Waals surface area contributed by atoms with Crippen molar-refractivity contribution < 1.29 is 83.9 Å². The van der Waals surface area contributed by atoms with Crippen molar-refractivity contribution in [2.45, 2.75) is 153 Å². The number of nitrogens with zero attached hydrogens (tertiary/aromatic N) is 4. The van der Waals surface area contributed by atoms with Gasteiger partial charge in [-0.15, -0.1) is 0 Å². The summed E-state index contributed by atoms with van der Waals surface area (Å²) in [6, 6.07) is 2.63. The highest BCUT2D eigenvalue weighted by molar-refractivity contribution is 7.92. The molecule has 6 N–H and O–H groups in total. The number of carbonyl (C=O) groups excluding carboxylic acids is 4. The second-order valence-corrected chi connectivity index (χ2v) is 31.8. The molecule has 4 amide bonds. The van der Waals surface area contributed by atoms with Crippen LogP contribution in [0, 0.1) is 76.0 Å². The van der Waals surface area contributed by atoms with Crippen LogP contribution in [-0.4, -0.2) is 173 Å². The van der Waals surface area contributed by atoms with Crippen LogP contribution in [0.3, 0.4) is 0 Å². The molecule has 8 rings (SSSR count). The quantitative estimate of drug-likeness (QED) is 0.0589. The molecule has 3 aromatic carbocycles. The summed E-state index contributed by atoms with van der Waals surface area (Å²) >= 11 is 0. The number of halogens is 9. The second-order valence-electron chi connectivity index (χ2n) is 25.1. The molecule has 2 aliphatic carbocycles. The first-order chi connectivity index (χ1) is 43.3. The van der Waals surface area contributed by atoms with Crippen molar-refractivity contribution in [1.29, 1.82) is 0 Å². The summed E-state index contributed by atoms with van der Waals surface area (Å²) in [5.41, 5.74) is 18.6. The standard InChI is InChI=1S/C22H32F3N3O4S.C21H29F3N2O3S.C20H27F3N2O3S/c1-3-27(4-2)22(30)14-33(31,32)10-7-21(29)28-8-5-15(6-9-28)20(26)12-16-11-18(24)19(25)13-17(16)23;22-17-12-19(24)18(23)10-15(17)11-20(25)14-6-8-26(9-7-14)21(27)13-30(28,29)16-4-2-1-3-5-16;21-16-11-18(23)17(22)9-15(16)10-19(24)14-3-6-25(7-4-14)20(26)5-8-29(27,28)12-13-1-2-13/h11,13,15,20H,3-10,12,14,26H2,1-2H3;10,12,14,16,20H,1-9,11,13,25H2;9,11,13-14,19H,1-8,10,12,24H2/t2*20-;19-/m111/s1. The SMILES string of the molecule is CCN(CC)C(=O)CS(=O)(=O)CCC(=O)N1CCC([C@H](N)Cc2cc(F)c(F)cc2F)CC1.N[C@H](Cc1cc(F)c(F)cc1F)C1CCN(C(=O)CCS(=O)(=O)CC2CC2)CC1.N[C@H](Cc1cc(F)c(F)cc1F)C1CCN(C(=O)CS(=O)(=O)C2CCCCC2)CC1. The zero-order chi connectivity index (χ0) is 67.8. The maximum absolute atomic E-state index is 13.9. The largest absolute Gasteiger partial charge is 0.343 e. The molecule has 29 heteroatoms. The van der Waals surface area contributed by atoms with E-state index in [4.69, 9.17) is 17.2 Å². The van der Waals surface area contributed by atoms with Gasteiger partial charge in [0, 0.05) is 102 Å². The number of hydrogen-bond acceptors (Lipinski definition) is 13. The maximum atomic E-state index is 13.9. The Morgan fingerprint density at radius 2 is 0.772 bits per heavy atom. The molecule has 3 atom stereocenters. The van der Waals surface area contributed by atoms with E-state index >= 15 is 0 Å². The van der Waals surface area contributed by atoms with Crippen LogP contribution in [0.15, 0.2) is 36.4 Å². The fourth-order valence-electron chi connectivity index (χ4n) is 12.4. The average Bonchev–Trinajstić information content (AvgIpc) is 1.13. The van der Waals surface area contributed by atoms with Crippen LogP contribution in [0.25, 0.3) is 0 Å². The fraction of sp³-hybridized carbons (Fsp3) is 0.651. The van der Waals surface area contributed by atoms with E-state index in [-0.39, 0.29) is 102 Å². The van der Waals surface area contributed by atoms with Gasteiger partial charge in [0.1, 0.15) is 29.0 Å². The number of carbonyl (C=O) groups is 4. The zero-order valence-corrected chi connectivity index (χ0v) is 54.7. The monoisotopic (exact) mass is 1370 g/mol. The summed E-state index contributed by atoms with van der Waals surface area (Å²) < 4.78 is 194. The lowest BCUT2D eigenvalue weighted by Gasteiger charge is -2.35. The summed E-state index contributed by atoms with van der Waals surface area (Å²) in [6.45, 7) is 6.80. The summed E-state index contributed by atoms with van der Waals surface area (Å²) in [7, 11) is -10.3. The van der Waals surface area contributed by atoms with E-state index in [1.807, 2.05) is 0 Å². The lowest BCUT2D eigenvalue weighted by Crippen LogP contribution is -2.46. The van der Waals surface area contributed by atoms with Crippen LogP contribution in [0.2, 0.25) is 0 Å². The molecule has 5 aliphatic rings. The first kappa shape index (κ1) is 75.7. The third-order valence-corrected chi connectivity index (χ3v) is 23.9. The van der Waals surface area contributed by atoms with Crippen molar-refractivity contribution in [3.8, 4) is 0 Å². The van der Waals surface area contributed by atoms with Crippen LogP contribution in [-0.2, 0) is 68.0 Å². The Morgan fingerprint density at radius 1 is 0.446 bits per heavy atom. The lowest BCUT2D eigenvalue weighted by molar-refractivity contribution is -0.133. The Kier molecular flexibility index (Phi) is 28.3. The number of sulfone groups is 3. The normalized spacial score (nSPS) is 18.5. The number of likely N-dealkylation sites (tertiary alicyclic amines) is 3. The Morgan fingerprint density at radius 3 is 1.11 bits per heavy atom. The van der Waals surface area contributed by atoms with Gasteiger partial charge >= 0.3 is 0 Å². The molecule has 5 fully saturated rings. The Labute approximate surface area is 534 Å². The van der Waals surface area contributed by atoms with Crippen LogP contribution in [0.4, 0.5) is 39.5 Å². The minimum atomic E-state index is -3.70. The number of rotatable bonds is 24. The zero-order valence-electron chi connectivity index (χ0n) is 52.2. The molecule has 0 spiro atoms. The molecule has 0 unspecified atom stereocenters. The number of amides is 4. The van der Waals surface area contributed by atoms with Gasteiger partial charge in [-0.25, -0.2) is 64.8 Å². The van der Waals surface area contributed by atoms with E-state index in [1.165, 1.54) is 4.90 Å². The third kappa shape index (κ3) is 22.9. The van der Waals surface area contributed by atoms with Crippen molar-refractivity contribution in [1.82, 2.24) is 19.6 Å². The van der Waals surface area contributed by atoms with Crippen molar-refractivity contribution in [2.24, 2.45) is 40.9 Å². The van der Waals surface area contributed by atoms with Crippen LogP contribution in [0.1, 0.15) is 127 Å². The first-order valence-electron chi connectivity index (χ1n) is 31.7. The molecule has 2 saturated carbocycles. The molecule has 3 aromatic rings. The highest BCUT2D eigenvalue weighted by Crippen LogP contribution is 2.32. The molecular weight excluding hydrogens is 1280 g/mol. The molecule has 17 nitrogen and oxygen atoms in total. The fourth-order valence-corrected chi connectivity index (χ4v) is 17.1. The number of benzene rings is 3. The third-order valence-electron chi connectivity index (χ3n) is 18.4. The van der Waals surface area contributed by atoms with E-state index in [0.29, 0.717) is 122 Å². The molecule has 92 heavy (non-hydrogen) atoms. The summed E-state index contributed by atoms with van der Waals surface area (Å²) in [5.74, 6) is -12.1. The van der Waals surface area contributed by atoms with Crippen LogP contribution >= 0.6 is 0 Å². The van der Waals surface area contributed by atoms with E-state index < -0.39 is 128 Å². The summed E-state index contributed by atoms with van der Waals surface area (Å²) in [4.78, 5) is 55.5. The highest BCUT2D eigenvalue weighted by Gasteiger charge is 2.36. The number of nitrogens with two attached hydrogens (primary N) is 3. The van der Waals surface area contributed by atoms with Gasteiger partial charge in [-0.2, -0.15) is 0 Å². The highest BCUT2D eigenvalue weighted by atomic mass is 32.2. The molecular formula is C63H88F9N7O10S3. The van der Waals surface area contributed by atoms with Crippen molar-refractivity contribution in [3.63, 3.8) is 0 Å². The van der Waals surface area contributed by atoms with Crippen molar-refractivity contribution in [3.05, 3.63) is 105 Å². The van der Waals surface area contributed by atoms with Gasteiger partial charge in [0.15, 0.2) is 64.4 Å². The molecule has 3 saturated heterocycles. The molecule has 516 valence electrons. The van der Waals surface area contributed by atoms with E-state index in [1.54, 1.807) is 28.5 Å². The second kappa shape index (κ2) is 34.4. The Hall–Kier alpha value is -5.36. The van der Waals surface area contributed by atoms with Gasteiger partial charge in [-0.3, -0.25) is 19.2 Å². The molecule has 0 aromatic heterocycles. The molecule has 3 heterocycles. The predicted octanol–water partition coefficient (Wildman–Crippen LogP) is 7.27.